The average Bonchev–Trinajstić information content (AvgIpc) is 2.90. The van der Waals surface area contributed by atoms with E-state index in [4.69, 9.17) is 9.47 Å². The predicted octanol–water partition coefficient (Wildman–Crippen LogP) is 7.04. The van der Waals surface area contributed by atoms with E-state index in [1.807, 2.05) is 6.08 Å². The molecule has 38 heavy (non-hydrogen) atoms. The summed E-state index contributed by atoms with van der Waals surface area (Å²) in [4.78, 5) is 12.6. The molecule has 1 aliphatic rings. The van der Waals surface area contributed by atoms with Crippen LogP contribution in [0.4, 0.5) is 26.3 Å². The number of alkyl halides is 6. The lowest BCUT2D eigenvalue weighted by atomic mass is 9.94. The highest BCUT2D eigenvalue weighted by Gasteiger charge is 2.36. The van der Waals surface area contributed by atoms with E-state index in [1.165, 1.54) is 30.3 Å². The van der Waals surface area contributed by atoms with E-state index in [0.717, 1.165) is 23.8 Å². The molecule has 1 N–H and O–H groups in total. The third kappa shape index (κ3) is 6.55. The molecule has 1 heterocycles. The van der Waals surface area contributed by atoms with Crippen LogP contribution in [-0.2, 0) is 30.3 Å². The maximum Gasteiger partial charge on any atom is 0.419 e. The summed E-state index contributed by atoms with van der Waals surface area (Å²) in [6.07, 6.45) is -6.71. The summed E-state index contributed by atoms with van der Waals surface area (Å²) >= 11 is 0. The maximum absolute atomic E-state index is 13.3. The Labute approximate surface area is 214 Å². The van der Waals surface area contributed by atoms with Crippen LogP contribution in [0, 0.1) is 0 Å². The molecule has 0 amide bonds. The fourth-order valence-electron chi connectivity index (χ4n) is 4.12. The van der Waals surface area contributed by atoms with Crippen molar-refractivity contribution in [2.24, 2.45) is 0 Å². The van der Waals surface area contributed by atoms with Crippen molar-refractivity contribution in [2.45, 2.75) is 32.0 Å². The van der Waals surface area contributed by atoms with Crippen LogP contribution in [-0.4, -0.2) is 19.1 Å². The molecule has 0 fully saturated rings. The Hall–Kier alpha value is -3.79. The summed E-state index contributed by atoms with van der Waals surface area (Å²) in [5.41, 5.74) is 0.179. The predicted molar refractivity (Wildman–Crippen MR) is 128 cm³/mol. The van der Waals surface area contributed by atoms with Crippen LogP contribution in [0.3, 0.4) is 0 Å². The number of esters is 1. The molecule has 4 rings (SSSR count). The molecular formula is C28H23F6NO3. The first-order valence-electron chi connectivity index (χ1n) is 11.7. The van der Waals surface area contributed by atoms with Gasteiger partial charge < -0.3 is 14.8 Å². The van der Waals surface area contributed by atoms with Crippen LogP contribution in [0.25, 0.3) is 5.57 Å². The van der Waals surface area contributed by atoms with E-state index in [1.54, 1.807) is 18.2 Å². The van der Waals surface area contributed by atoms with Crippen molar-refractivity contribution in [3.63, 3.8) is 0 Å². The van der Waals surface area contributed by atoms with Gasteiger partial charge in [0.2, 0.25) is 0 Å². The zero-order chi connectivity index (χ0) is 27.3. The summed E-state index contributed by atoms with van der Waals surface area (Å²) in [5, 5.41) is 3.18. The quantitative estimate of drug-likeness (QED) is 0.261. The molecule has 3 aromatic carbocycles. The van der Waals surface area contributed by atoms with Crippen molar-refractivity contribution in [2.75, 3.05) is 13.1 Å². The van der Waals surface area contributed by atoms with Crippen LogP contribution in [0.2, 0.25) is 0 Å². The summed E-state index contributed by atoms with van der Waals surface area (Å²) < 4.78 is 90.6. The molecule has 10 heteroatoms. The second-order valence-electron chi connectivity index (χ2n) is 8.58. The molecule has 0 bridgehead atoms. The molecule has 0 saturated heterocycles. The second kappa shape index (κ2) is 11.3. The number of hydrogen-bond acceptors (Lipinski definition) is 4. The number of hydrogen-bond donors (Lipinski definition) is 1. The number of carbonyl (C=O) groups is 1. The molecule has 0 aliphatic carbocycles. The SMILES string of the molecule is O=C(OCc1ccc(COc2ccccc2C(F)(F)F)cc1C1=CCNCC1)c1ccccc1C(F)(F)F. The zero-order valence-corrected chi connectivity index (χ0v) is 20.0. The monoisotopic (exact) mass is 535 g/mol. The van der Waals surface area contributed by atoms with E-state index in [2.05, 4.69) is 5.32 Å². The molecule has 0 aromatic heterocycles. The van der Waals surface area contributed by atoms with Gasteiger partial charge in [-0.05, 0) is 65.6 Å². The van der Waals surface area contributed by atoms with Gasteiger partial charge in [-0.1, -0.05) is 42.5 Å². The molecule has 0 atom stereocenters. The van der Waals surface area contributed by atoms with Crippen molar-refractivity contribution in [1.82, 2.24) is 5.32 Å². The van der Waals surface area contributed by atoms with Gasteiger partial charge in [-0.2, -0.15) is 26.3 Å². The topological polar surface area (TPSA) is 47.6 Å². The Kier molecular flexibility index (Phi) is 8.11. The van der Waals surface area contributed by atoms with E-state index in [0.29, 0.717) is 36.2 Å². The van der Waals surface area contributed by atoms with Crippen molar-refractivity contribution < 1.29 is 40.6 Å². The van der Waals surface area contributed by atoms with Gasteiger partial charge >= 0.3 is 18.3 Å². The van der Waals surface area contributed by atoms with Crippen molar-refractivity contribution in [3.05, 3.63) is 106 Å². The van der Waals surface area contributed by atoms with Crippen LogP contribution < -0.4 is 10.1 Å². The molecular weight excluding hydrogens is 512 g/mol. The maximum atomic E-state index is 13.3. The van der Waals surface area contributed by atoms with Gasteiger partial charge in [-0.3, -0.25) is 0 Å². The summed E-state index contributed by atoms with van der Waals surface area (Å²) in [6, 6.07) is 14.3. The lowest BCUT2D eigenvalue weighted by molar-refractivity contribution is -0.139. The molecule has 3 aromatic rings. The third-order valence-electron chi connectivity index (χ3n) is 5.98. The number of nitrogens with one attached hydrogen (secondary N) is 1. The van der Waals surface area contributed by atoms with Crippen molar-refractivity contribution in [3.8, 4) is 5.75 Å². The van der Waals surface area contributed by atoms with Gasteiger partial charge in [0.15, 0.2) is 0 Å². The summed E-state index contributed by atoms with van der Waals surface area (Å²) in [6.45, 7) is 0.838. The van der Waals surface area contributed by atoms with E-state index in [9.17, 15) is 31.1 Å². The first-order chi connectivity index (χ1) is 18.0. The molecule has 4 nitrogen and oxygen atoms in total. The molecule has 200 valence electrons. The number of ether oxygens (including phenoxy) is 2. The lowest BCUT2D eigenvalue weighted by Crippen LogP contribution is -2.20. The molecule has 0 spiro atoms. The zero-order valence-electron chi connectivity index (χ0n) is 20.0. The fraction of sp³-hybridized carbons (Fsp3) is 0.250. The highest BCUT2D eigenvalue weighted by Crippen LogP contribution is 2.36. The minimum absolute atomic E-state index is 0.148. The van der Waals surface area contributed by atoms with E-state index < -0.39 is 35.0 Å². The molecule has 0 unspecified atom stereocenters. The van der Waals surface area contributed by atoms with Gasteiger partial charge in [0.05, 0.1) is 16.7 Å². The Morgan fingerprint density at radius 2 is 1.53 bits per heavy atom. The van der Waals surface area contributed by atoms with E-state index >= 15 is 0 Å². The Morgan fingerprint density at radius 3 is 2.21 bits per heavy atom. The number of carbonyl (C=O) groups excluding carboxylic acids is 1. The third-order valence-corrected chi connectivity index (χ3v) is 5.98. The number of halogens is 6. The highest BCUT2D eigenvalue weighted by atomic mass is 19.4. The summed E-state index contributed by atoms with van der Waals surface area (Å²) in [5.74, 6) is -1.41. The molecule has 0 radical (unpaired) electrons. The normalized spacial score (nSPS) is 14.1. The van der Waals surface area contributed by atoms with Gasteiger partial charge in [-0.15, -0.1) is 0 Å². The smallest absolute Gasteiger partial charge is 0.419 e. The number of rotatable bonds is 7. The summed E-state index contributed by atoms with van der Waals surface area (Å²) in [7, 11) is 0. The minimum atomic E-state index is -4.72. The van der Waals surface area contributed by atoms with Crippen molar-refractivity contribution >= 4 is 11.5 Å². The molecule has 0 saturated carbocycles. The highest BCUT2D eigenvalue weighted by molar-refractivity contribution is 5.91. The first kappa shape index (κ1) is 27.3. The van der Waals surface area contributed by atoms with Gasteiger partial charge in [-0.25, -0.2) is 4.79 Å². The van der Waals surface area contributed by atoms with Gasteiger partial charge in [0.25, 0.3) is 0 Å². The Bertz CT molecular complexity index is 1330. The Morgan fingerprint density at radius 1 is 0.842 bits per heavy atom. The number of benzene rings is 3. The van der Waals surface area contributed by atoms with Crippen molar-refractivity contribution in [1.29, 1.82) is 0 Å². The minimum Gasteiger partial charge on any atom is -0.488 e. The standard InChI is InChI=1S/C28H23F6NO3/c29-27(30,31)23-6-2-1-5-21(23)26(36)38-17-20-10-9-18(15-22(20)19-11-13-35-14-12-19)16-37-25-8-4-3-7-24(25)28(32,33)34/h1-11,15,35H,12-14,16-17H2. The van der Waals surface area contributed by atoms with Crippen LogP contribution >= 0.6 is 0 Å². The largest absolute Gasteiger partial charge is 0.488 e. The number of para-hydroxylation sites is 1. The second-order valence-corrected chi connectivity index (χ2v) is 8.58. The fourth-order valence-corrected chi connectivity index (χ4v) is 4.12. The van der Waals surface area contributed by atoms with Crippen LogP contribution in [0.1, 0.15) is 44.6 Å². The van der Waals surface area contributed by atoms with Gasteiger partial charge in [0, 0.05) is 6.54 Å². The van der Waals surface area contributed by atoms with Gasteiger partial charge in [0.1, 0.15) is 19.0 Å². The van der Waals surface area contributed by atoms with E-state index in [-0.39, 0.29) is 19.0 Å². The van der Waals surface area contributed by atoms with Crippen LogP contribution in [0.5, 0.6) is 5.75 Å². The Balaban J connectivity index is 1.56. The average molecular weight is 535 g/mol. The lowest BCUT2D eigenvalue weighted by Gasteiger charge is -2.19. The first-order valence-corrected chi connectivity index (χ1v) is 11.7. The van der Waals surface area contributed by atoms with Crippen LogP contribution in [0.15, 0.2) is 72.8 Å². The molecule has 1 aliphatic heterocycles.